The number of nitrogen functional groups attached to an aromatic ring is 1. The van der Waals surface area contributed by atoms with Crippen LogP contribution in [0.1, 0.15) is 41.2 Å². The first-order chi connectivity index (χ1) is 11.4. The minimum atomic E-state index is -0.151. The van der Waals surface area contributed by atoms with Gasteiger partial charge in [0.15, 0.2) is 0 Å². The maximum Gasteiger partial charge on any atom is 0.127 e. The molecular weight excluding hydrogens is 296 g/mol. The Bertz CT molecular complexity index is 700. The van der Waals surface area contributed by atoms with Crippen molar-refractivity contribution in [2.45, 2.75) is 52.7 Å². The van der Waals surface area contributed by atoms with Crippen molar-refractivity contribution >= 4 is 5.69 Å². The maximum atomic E-state index is 6.40. The number of ether oxygens (including phenoxy) is 1. The molecule has 2 aromatic carbocycles. The van der Waals surface area contributed by atoms with E-state index in [2.05, 4.69) is 57.3 Å². The zero-order valence-corrected chi connectivity index (χ0v) is 15.2. The zero-order valence-electron chi connectivity index (χ0n) is 15.2. The molecule has 0 fully saturated rings. The van der Waals surface area contributed by atoms with Crippen molar-refractivity contribution in [3.8, 4) is 5.75 Å². The van der Waals surface area contributed by atoms with Crippen molar-refractivity contribution in [1.29, 1.82) is 0 Å². The number of hydrogen-bond donors (Lipinski definition) is 2. The molecule has 1 aliphatic heterocycles. The van der Waals surface area contributed by atoms with Crippen molar-refractivity contribution in [2.24, 2.45) is 0 Å². The molecule has 1 unspecified atom stereocenters. The van der Waals surface area contributed by atoms with Gasteiger partial charge in [0.05, 0.1) is 0 Å². The van der Waals surface area contributed by atoms with Crippen LogP contribution in [0, 0.1) is 20.8 Å². The summed E-state index contributed by atoms with van der Waals surface area (Å²) in [5, 5.41) is 3.53. The fourth-order valence-corrected chi connectivity index (χ4v) is 3.54. The van der Waals surface area contributed by atoms with Gasteiger partial charge in [-0.25, -0.2) is 0 Å². The summed E-state index contributed by atoms with van der Waals surface area (Å²) in [4.78, 5) is 0. The van der Waals surface area contributed by atoms with E-state index in [1.165, 1.54) is 22.3 Å². The largest absolute Gasteiger partial charge is 0.487 e. The minimum absolute atomic E-state index is 0.151. The molecular formula is C21H28N2O. The lowest BCUT2D eigenvalue weighted by atomic mass is 9.90. The molecule has 0 saturated heterocycles. The smallest absolute Gasteiger partial charge is 0.127 e. The van der Waals surface area contributed by atoms with Gasteiger partial charge < -0.3 is 15.8 Å². The Morgan fingerprint density at radius 3 is 2.50 bits per heavy atom. The molecule has 0 aliphatic carbocycles. The van der Waals surface area contributed by atoms with Gasteiger partial charge in [-0.05, 0) is 62.9 Å². The maximum absolute atomic E-state index is 6.40. The van der Waals surface area contributed by atoms with Crippen molar-refractivity contribution in [2.75, 3.05) is 12.3 Å². The number of benzene rings is 2. The van der Waals surface area contributed by atoms with Crippen LogP contribution in [0.25, 0.3) is 0 Å². The summed E-state index contributed by atoms with van der Waals surface area (Å²) >= 11 is 0. The third-order valence-corrected chi connectivity index (χ3v) is 5.34. The van der Waals surface area contributed by atoms with E-state index >= 15 is 0 Å². The predicted octanol–water partition coefficient (Wildman–Crippen LogP) is 4.07. The molecule has 0 aromatic heterocycles. The fraction of sp³-hybridized carbons (Fsp3) is 0.429. The number of hydrogen-bond acceptors (Lipinski definition) is 3. The molecule has 128 valence electrons. The Labute approximate surface area is 145 Å². The number of anilines is 1. The van der Waals surface area contributed by atoms with Crippen LogP contribution in [-0.2, 0) is 13.0 Å². The van der Waals surface area contributed by atoms with E-state index in [-0.39, 0.29) is 5.60 Å². The Kier molecular flexibility index (Phi) is 4.55. The summed E-state index contributed by atoms with van der Waals surface area (Å²) in [7, 11) is 0. The zero-order chi connectivity index (χ0) is 17.3. The van der Waals surface area contributed by atoms with Crippen LogP contribution in [0.2, 0.25) is 0 Å². The second kappa shape index (κ2) is 6.48. The molecule has 0 amide bonds. The van der Waals surface area contributed by atoms with Crippen molar-refractivity contribution in [1.82, 2.24) is 5.32 Å². The minimum Gasteiger partial charge on any atom is -0.487 e. The van der Waals surface area contributed by atoms with Gasteiger partial charge >= 0.3 is 0 Å². The Hall–Kier alpha value is -2.00. The van der Waals surface area contributed by atoms with E-state index in [9.17, 15) is 0 Å². The lowest BCUT2D eigenvalue weighted by molar-refractivity contribution is 0.105. The molecule has 1 aliphatic rings. The molecule has 1 atom stereocenters. The van der Waals surface area contributed by atoms with Gasteiger partial charge in [-0.15, -0.1) is 0 Å². The second-order valence-electron chi connectivity index (χ2n) is 7.24. The SMILES string of the molecule is Cc1c(C)c2c(c(C)c1N)CC(C)(CCNCc1ccccc1)O2. The Balaban J connectivity index is 1.63. The van der Waals surface area contributed by atoms with E-state index in [0.29, 0.717) is 0 Å². The second-order valence-corrected chi connectivity index (χ2v) is 7.24. The third-order valence-electron chi connectivity index (χ3n) is 5.34. The van der Waals surface area contributed by atoms with E-state index in [1.54, 1.807) is 0 Å². The standard InChI is InChI=1S/C21H28N2O/c1-14-15(2)20-18(16(3)19(14)22)12-21(4,24-20)10-11-23-13-17-8-6-5-7-9-17/h5-9,23H,10-13,22H2,1-4H3. The summed E-state index contributed by atoms with van der Waals surface area (Å²) in [6.45, 7) is 10.4. The molecule has 24 heavy (non-hydrogen) atoms. The lowest BCUT2D eigenvalue weighted by Gasteiger charge is -2.24. The lowest BCUT2D eigenvalue weighted by Crippen LogP contribution is -2.34. The van der Waals surface area contributed by atoms with Gasteiger partial charge in [0.1, 0.15) is 11.4 Å². The van der Waals surface area contributed by atoms with E-state index in [4.69, 9.17) is 10.5 Å². The highest BCUT2D eigenvalue weighted by molar-refractivity contribution is 5.66. The summed E-state index contributed by atoms with van der Waals surface area (Å²) in [6, 6.07) is 10.5. The average molecular weight is 324 g/mol. The molecule has 3 nitrogen and oxygen atoms in total. The first kappa shape index (κ1) is 16.8. The molecule has 0 spiro atoms. The number of fused-ring (bicyclic) bond motifs is 1. The monoisotopic (exact) mass is 324 g/mol. The van der Waals surface area contributed by atoms with Crippen molar-refractivity contribution < 1.29 is 4.74 Å². The Morgan fingerprint density at radius 1 is 1.08 bits per heavy atom. The number of rotatable bonds is 5. The summed E-state index contributed by atoms with van der Waals surface area (Å²) < 4.78 is 6.40. The summed E-state index contributed by atoms with van der Waals surface area (Å²) in [6.07, 6.45) is 1.92. The molecule has 2 aromatic rings. The topological polar surface area (TPSA) is 47.3 Å². The van der Waals surface area contributed by atoms with Crippen LogP contribution >= 0.6 is 0 Å². The molecule has 0 bridgehead atoms. The molecule has 0 saturated carbocycles. The number of nitrogens with one attached hydrogen (secondary N) is 1. The van der Waals surface area contributed by atoms with Gasteiger partial charge in [0.2, 0.25) is 0 Å². The fourth-order valence-electron chi connectivity index (χ4n) is 3.54. The summed E-state index contributed by atoms with van der Waals surface area (Å²) in [5.41, 5.74) is 13.2. The predicted molar refractivity (Wildman–Crippen MR) is 101 cm³/mol. The average Bonchev–Trinajstić information content (AvgIpc) is 2.94. The Morgan fingerprint density at radius 2 is 1.79 bits per heavy atom. The van der Waals surface area contributed by atoms with Crippen LogP contribution in [0.15, 0.2) is 30.3 Å². The molecule has 1 heterocycles. The number of nitrogens with two attached hydrogens (primary N) is 1. The van der Waals surface area contributed by atoms with Crippen molar-refractivity contribution in [3.63, 3.8) is 0 Å². The van der Waals surface area contributed by atoms with E-state index in [1.807, 2.05) is 6.07 Å². The highest BCUT2D eigenvalue weighted by Crippen LogP contribution is 2.44. The van der Waals surface area contributed by atoms with E-state index < -0.39 is 0 Å². The molecule has 3 heteroatoms. The molecule has 0 radical (unpaired) electrons. The van der Waals surface area contributed by atoms with Gasteiger partial charge in [-0.2, -0.15) is 0 Å². The van der Waals surface area contributed by atoms with Gasteiger partial charge in [0, 0.05) is 24.2 Å². The van der Waals surface area contributed by atoms with Crippen LogP contribution in [0.5, 0.6) is 5.75 Å². The van der Waals surface area contributed by atoms with Gasteiger partial charge in [-0.1, -0.05) is 30.3 Å². The first-order valence-electron chi connectivity index (χ1n) is 8.73. The summed E-state index contributed by atoms with van der Waals surface area (Å²) in [5.74, 6) is 1.06. The quantitative estimate of drug-likeness (QED) is 0.644. The van der Waals surface area contributed by atoms with Gasteiger partial charge in [-0.3, -0.25) is 0 Å². The molecule has 3 rings (SSSR count). The first-order valence-corrected chi connectivity index (χ1v) is 8.73. The van der Waals surface area contributed by atoms with Crippen LogP contribution < -0.4 is 15.8 Å². The third kappa shape index (κ3) is 3.13. The van der Waals surface area contributed by atoms with Gasteiger partial charge in [0.25, 0.3) is 0 Å². The van der Waals surface area contributed by atoms with E-state index in [0.717, 1.165) is 42.9 Å². The normalized spacial score (nSPS) is 19.2. The van der Waals surface area contributed by atoms with Crippen molar-refractivity contribution in [3.05, 3.63) is 58.1 Å². The van der Waals surface area contributed by atoms with Crippen LogP contribution in [0.3, 0.4) is 0 Å². The molecule has 3 N–H and O–H groups in total. The highest BCUT2D eigenvalue weighted by Gasteiger charge is 2.37. The highest BCUT2D eigenvalue weighted by atomic mass is 16.5. The van der Waals surface area contributed by atoms with Crippen LogP contribution in [0.4, 0.5) is 5.69 Å². The van der Waals surface area contributed by atoms with Crippen LogP contribution in [-0.4, -0.2) is 12.1 Å².